The molecule has 0 amide bonds. The van der Waals surface area contributed by atoms with E-state index in [2.05, 4.69) is 9.97 Å². The molecule has 0 fully saturated rings. The van der Waals surface area contributed by atoms with Gasteiger partial charge in [0.25, 0.3) is 0 Å². The summed E-state index contributed by atoms with van der Waals surface area (Å²) >= 11 is -2.24. The molecular weight excluding hydrogens is 470 g/mol. The Morgan fingerprint density at radius 3 is 0.833 bits per heavy atom. The van der Waals surface area contributed by atoms with Gasteiger partial charge < -0.3 is 24.8 Å². The Morgan fingerprint density at radius 1 is 0.556 bits per heavy atom. The fraction of sp³-hybridized carbons (Fsp3) is 0. The van der Waals surface area contributed by atoms with Crippen molar-refractivity contribution < 1.29 is 64.7 Å². The fourth-order valence-electron chi connectivity index (χ4n) is 0.684. The van der Waals surface area contributed by atoms with Crippen molar-refractivity contribution in [2.45, 2.75) is 0 Å². The molecule has 0 radical (unpaired) electrons. The second-order valence-electron chi connectivity index (χ2n) is 2.37. The number of nitrogens with one attached hydrogen (secondary N) is 2. The van der Waals surface area contributed by atoms with Crippen LogP contribution in [0.1, 0.15) is 0 Å². The van der Waals surface area contributed by atoms with Gasteiger partial charge in [-0.2, -0.15) is 0 Å². The van der Waals surface area contributed by atoms with Crippen LogP contribution in [-0.4, -0.2) is 0 Å². The molecular formula is C10H12Cl5N2Nd. The number of hydrogen-bond acceptors (Lipinski definition) is 0. The molecule has 0 saturated carbocycles. The quantitative estimate of drug-likeness (QED) is 0.386. The van der Waals surface area contributed by atoms with Crippen LogP contribution in [0.2, 0.25) is 0 Å². The van der Waals surface area contributed by atoms with Gasteiger partial charge in [0.15, 0.2) is 24.8 Å². The van der Waals surface area contributed by atoms with Crippen molar-refractivity contribution in [2.75, 3.05) is 0 Å². The average Bonchev–Trinajstić information content (AvgIpc) is 2.34. The number of rotatable bonds is 0. The second-order valence-corrected chi connectivity index (χ2v) is 16.5. The molecule has 0 saturated heterocycles. The SMILES string of the molecule is [Cl-].[Cl-].[Cl][Nd]([Cl])[Cl].c1cc[nH+]cc1.c1cc[nH+]cc1. The van der Waals surface area contributed by atoms with Gasteiger partial charge in [-0.05, 0) is 0 Å². The molecule has 0 aliphatic heterocycles. The molecule has 2 aromatic rings. The largest absolute Gasteiger partial charge is 0.218 e. The number of aromatic amines is 2. The van der Waals surface area contributed by atoms with E-state index in [1.165, 1.54) is 0 Å². The summed E-state index contributed by atoms with van der Waals surface area (Å²) in [7, 11) is 0. The number of pyridine rings is 2. The van der Waals surface area contributed by atoms with Gasteiger partial charge >= 0.3 is 47.3 Å². The van der Waals surface area contributed by atoms with Crippen molar-refractivity contribution >= 4 is 17.4 Å². The van der Waals surface area contributed by atoms with Crippen LogP contribution in [0.15, 0.2) is 61.2 Å². The van der Waals surface area contributed by atoms with Crippen molar-refractivity contribution in [1.29, 1.82) is 0 Å². The summed E-state index contributed by atoms with van der Waals surface area (Å²) in [6, 6.07) is 11.7. The van der Waals surface area contributed by atoms with Crippen molar-refractivity contribution in [3.05, 3.63) is 61.2 Å². The Labute approximate surface area is 141 Å². The van der Waals surface area contributed by atoms with Gasteiger partial charge in [0.1, 0.15) is 0 Å². The molecule has 2 N–H and O–H groups in total. The first kappa shape index (κ1) is 24.1. The van der Waals surface area contributed by atoms with Crippen LogP contribution in [0.4, 0.5) is 0 Å². The van der Waals surface area contributed by atoms with Gasteiger partial charge in [-0.1, -0.05) is 12.1 Å². The fourth-order valence-corrected chi connectivity index (χ4v) is 0.684. The molecule has 0 aliphatic carbocycles. The molecule has 2 nitrogen and oxygen atoms in total. The summed E-state index contributed by atoms with van der Waals surface area (Å²) in [6.07, 6.45) is 7.50. The Hall–Kier alpha value is 1.10. The summed E-state index contributed by atoms with van der Waals surface area (Å²) in [5.41, 5.74) is 0. The van der Waals surface area contributed by atoms with Gasteiger partial charge in [-0.15, -0.1) is 0 Å². The third-order valence-electron chi connectivity index (χ3n) is 1.21. The van der Waals surface area contributed by atoms with Crippen molar-refractivity contribution in [3.63, 3.8) is 0 Å². The van der Waals surface area contributed by atoms with Gasteiger partial charge in [0.2, 0.25) is 0 Å². The summed E-state index contributed by atoms with van der Waals surface area (Å²) in [5.74, 6) is 15.1. The van der Waals surface area contributed by atoms with Crippen LogP contribution >= 0.6 is 17.4 Å². The van der Waals surface area contributed by atoms with Crippen LogP contribution in [0.25, 0.3) is 0 Å². The number of H-pyrrole nitrogens is 2. The van der Waals surface area contributed by atoms with Gasteiger partial charge in [0.05, 0.1) is 0 Å². The van der Waals surface area contributed by atoms with E-state index in [1.54, 1.807) is 0 Å². The molecule has 8 heteroatoms. The molecule has 0 aliphatic rings. The summed E-state index contributed by atoms with van der Waals surface area (Å²) < 4.78 is 0. The maximum atomic E-state index is 5.02. The van der Waals surface area contributed by atoms with E-state index in [9.17, 15) is 0 Å². The minimum Gasteiger partial charge on any atom is -0.218 e. The molecule has 18 heavy (non-hydrogen) atoms. The minimum atomic E-state index is -2.24. The molecule has 0 aromatic carbocycles. The Balaban J connectivity index is -0.000000182. The molecule has 0 atom stereocenters. The summed E-state index contributed by atoms with van der Waals surface area (Å²) in [4.78, 5) is 5.78. The third-order valence-corrected chi connectivity index (χ3v) is 1.21. The normalized spacial score (nSPS) is 6.83. The van der Waals surface area contributed by atoms with E-state index in [4.69, 9.17) is 17.4 Å². The van der Waals surface area contributed by atoms with E-state index >= 15 is 0 Å². The molecule has 0 bridgehead atoms. The zero-order valence-corrected chi connectivity index (χ0v) is 16.2. The molecule has 0 spiro atoms. The van der Waals surface area contributed by atoms with E-state index < -0.39 is 29.9 Å². The maximum Gasteiger partial charge on any atom is 0.166 e. The monoisotopic (exact) mass is 477 g/mol. The number of hydrogen-bond donors (Lipinski definition) is 0. The predicted molar refractivity (Wildman–Crippen MR) is 63.6 cm³/mol. The van der Waals surface area contributed by atoms with Crippen LogP contribution in [0.3, 0.4) is 0 Å². The van der Waals surface area contributed by atoms with Gasteiger partial charge in [-0.3, -0.25) is 0 Å². The first-order valence-electron chi connectivity index (χ1n) is 4.39. The Kier molecular flexibility index (Phi) is 27.4. The Bertz CT molecular complexity index is 238. The smallest absolute Gasteiger partial charge is 0.166 e. The second kappa shape index (κ2) is 20.4. The zero-order valence-electron chi connectivity index (χ0n) is 9.16. The zero-order chi connectivity index (χ0) is 12.1. The van der Waals surface area contributed by atoms with Crippen LogP contribution in [0.5, 0.6) is 0 Å². The van der Waals surface area contributed by atoms with E-state index in [0.29, 0.717) is 0 Å². The first-order valence-corrected chi connectivity index (χ1v) is 16.4. The molecule has 101 valence electrons. The molecule has 2 heterocycles. The van der Waals surface area contributed by atoms with Crippen molar-refractivity contribution in [3.8, 4) is 0 Å². The van der Waals surface area contributed by atoms with Gasteiger partial charge in [0, 0.05) is 24.3 Å². The minimum absolute atomic E-state index is 0. The van der Waals surface area contributed by atoms with Crippen molar-refractivity contribution in [2.24, 2.45) is 0 Å². The Morgan fingerprint density at radius 2 is 0.778 bits per heavy atom. The van der Waals surface area contributed by atoms with E-state index in [-0.39, 0.29) is 24.8 Å². The van der Waals surface area contributed by atoms with E-state index in [0.717, 1.165) is 0 Å². The first-order chi connectivity index (χ1) is 7.73. The van der Waals surface area contributed by atoms with Crippen molar-refractivity contribution in [1.82, 2.24) is 0 Å². The predicted octanol–water partition coefficient (Wildman–Crippen LogP) is -2.92. The standard InChI is InChI=1S/2C5H5N.5ClH.Nd/c2*1-2-4-6-5-3-1;;;;;;/h2*1-5H;5*1H;/q;;;;;;;+3/p-3. The summed E-state index contributed by atoms with van der Waals surface area (Å²) in [5, 5.41) is 0. The number of halogens is 5. The van der Waals surface area contributed by atoms with Crippen LogP contribution < -0.4 is 34.8 Å². The summed E-state index contributed by atoms with van der Waals surface area (Å²) in [6.45, 7) is 0. The number of aromatic nitrogens is 2. The molecule has 0 unspecified atom stereocenters. The third kappa shape index (κ3) is 25.8. The van der Waals surface area contributed by atoms with Gasteiger partial charge in [-0.25, -0.2) is 9.97 Å². The molecule has 2 aromatic heterocycles. The van der Waals surface area contributed by atoms with Crippen LogP contribution in [0, 0.1) is 29.9 Å². The average molecular weight is 482 g/mol. The molecule has 2 rings (SSSR count). The maximum absolute atomic E-state index is 5.02. The topological polar surface area (TPSA) is 28.3 Å². The van der Waals surface area contributed by atoms with Crippen LogP contribution in [-0.2, 0) is 0 Å². The van der Waals surface area contributed by atoms with E-state index in [1.807, 2.05) is 61.2 Å².